The number of nitrogens with zero attached hydrogens (tertiary/aromatic N) is 2. The molecular formula is C14H23N3. The van der Waals surface area contributed by atoms with Crippen molar-refractivity contribution in [3.05, 3.63) is 35.9 Å². The first kappa shape index (κ1) is 12.6. The van der Waals surface area contributed by atoms with Gasteiger partial charge in [-0.1, -0.05) is 30.3 Å². The molecule has 1 aliphatic rings. The summed E-state index contributed by atoms with van der Waals surface area (Å²) in [6, 6.07) is 11.3. The monoisotopic (exact) mass is 233 g/mol. The van der Waals surface area contributed by atoms with Crippen molar-refractivity contribution < 1.29 is 0 Å². The highest BCUT2D eigenvalue weighted by Crippen LogP contribution is 2.13. The van der Waals surface area contributed by atoms with Gasteiger partial charge in [0.25, 0.3) is 0 Å². The summed E-state index contributed by atoms with van der Waals surface area (Å²) in [7, 11) is 1.98. The number of hydrazine groups is 1. The molecule has 0 saturated carbocycles. The number of piperidine rings is 1. The van der Waals surface area contributed by atoms with Gasteiger partial charge in [-0.3, -0.25) is 5.84 Å². The maximum atomic E-state index is 5.79. The van der Waals surface area contributed by atoms with E-state index in [1.54, 1.807) is 0 Å². The van der Waals surface area contributed by atoms with E-state index in [9.17, 15) is 0 Å². The Bertz CT molecular complexity index is 315. The van der Waals surface area contributed by atoms with E-state index < -0.39 is 0 Å². The van der Waals surface area contributed by atoms with Crippen molar-refractivity contribution in [1.29, 1.82) is 0 Å². The average Bonchev–Trinajstić information content (AvgIpc) is 2.38. The number of benzene rings is 1. The number of hydrogen-bond donors (Lipinski definition) is 1. The zero-order chi connectivity index (χ0) is 12.1. The van der Waals surface area contributed by atoms with Gasteiger partial charge in [-0.2, -0.15) is 0 Å². The normalized spacial score (nSPS) is 18.8. The highest BCUT2D eigenvalue weighted by molar-refractivity contribution is 5.14. The highest BCUT2D eigenvalue weighted by atomic mass is 15.4. The number of likely N-dealkylation sites (tertiary alicyclic amines) is 1. The second-order valence-corrected chi connectivity index (χ2v) is 4.97. The summed E-state index contributed by atoms with van der Waals surface area (Å²) in [6.45, 7) is 3.53. The summed E-state index contributed by atoms with van der Waals surface area (Å²) in [4.78, 5) is 2.55. The molecular weight excluding hydrogens is 210 g/mol. The molecule has 1 aromatic carbocycles. The van der Waals surface area contributed by atoms with E-state index >= 15 is 0 Å². The van der Waals surface area contributed by atoms with Gasteiger partial charge in [0.1, 0.15) is 0 Å². The molecule has 0 radical (unpaired) electrons. The molecule has 0 spiro atoms. The summed E-state index contributed by atoms with van der Waals surface area (Å²) in [5.74, 6) is 5.79. The summed E-state index contributed by atoms with van der Waals surface area (Å²) in [6.07, 6.45) is 3.55. The van der Waals surface area contributed by atoms with Crippen LogP contribution in [0.25, 0.3) is 0 Å². The zero-order valence-corrected chi connectivity index (χ0v) is 10.7. The molecule has 17 heavy (non-hydrogen) atoms. The van der Waals surface area contributed by atoms with E-state index in [1.165, 1.54) is 38.0 Å². The lowest BCUT2D eigenvalue weighted by atomic mass is 10.0. The molecule has 2 rings (SSSR count). The molecule has 3 heteroatoms. The fourth-order valence-electron chi connectivity index (χ4n) is 2.48. The van der Waals surface area contributed by atoms with E-state index in [4.69, 9.17) is 5.84 Å². The second-order valence-electron chi connectivity index (χ2n) is 4.97. The predicted octanol–water partition coefficient (Wildman–Crippen LogP) is 1.50. The fraction of sp³-hybridized carbons (Fsp3) is 0.571. The summed E-state index contributed by atoms with van der Waals surface area (Å²) < 4.78 is 0. The summed E-state index contributed by atoms with van der Waals surface area (Å²) in [5, 5.41) is 1.87. The standard InChI is InChI=1S/C14H23N3/c1-16(15)14-8-11-17(12-9-14)10-7-13-5-3-2-4-6-13/h2-6,14H,7-12,15H2,1H3. The smallest absolute Gasteiger partial charge is 0.0262 e. The van der Waals surface area contributed by atoms with Crippen molar-refractivity contribution in [2.75, 3.05) is 26.7 Å². The lowest BCUT2D eigenvalue weighted by Crippen LogP contribution is -2.46. The van der Waals surface area contributed by atoms with Crippen LogP contribution in [-0.4, -0.2) is 42.6 Å². The van der Waals surface area contributed by atoms with Crippen molar-refractivity contribution in [3.8, 4) is 0 Å². The molecule has 0 aliphatic carbocycles. The van der Waals surface area contributed by atoms with Crippen molar-refractivity contribution in [2.24, 2.45) is 5.84 Å². The molecule has 1 saturated heterocycles. The Morgan fingerprint density at radius 1 is 1.24 bits per heavy atom. The van der Waals surface area contributed by atoms with Gasteiger partial charge in [0.15, 0.2) is 0 Å². The van der Waals surface area contributed by atoms with E-state index in [1.807, 2.05) is 12.1 Å². The predicted molar refractivity (Wildman–Crippen MR) is 71.6 cm³/mol. The van der Waals surface area contributed by atoms with E-state index in [2.05, 4.69) is 35.2 Å². The first-order valence-electron chi connectivity index (χ1n) is 6.49. The van der Waals surface area contributed by atoms with E-state index in [0.717, 1.165) is 6.42 Å². The van der Waals surface area contributed by atoms with Crippen molar-refractivity contribution in [1.82, 2.24) is 9.91 Å². The van der Waals surface area contributed by atoms with Crippen molar-refractivity contribution in [2.45, 2.75) is 25.3 Å². The Balaban J connectivity index is 1.72. The zero-order valence-electron chi connectivity index (χ0n) is 10.7. The number of nitrogens with two attached hydrogens (primary N) is 1. The van der Waals surface area contributed by atoms with Gasteiger partial charge in [-0.25, -0.2) is 5.01 Å². The Labute approximate surface area is 104 Å². The molecule has 0 atom stereocenters. The molecule has 94 valence electrons. The quantitative estimate of drug-likeness (QED) is 0.632. The third-order valence-corrected chi connectivity index (χ3v) is 3.69. The third-order valence-electron chi connectivity index (χ3n) is 3.69. The van der Waals surface area contributed by atoms with Crippen molar-refractivity contribution >= 4 is 0 Å². The van der Waals surface area contributed by atoms with Crippen LogP contribution in [0.15, 0.2) is 30.3 Å². The average molecular weight is 233 g/mol. The van der Waals surface area contributed by atoms with Gasteiger partial charge in [0, 0.05) is 19.6 Å². The lowest BCUT2D eigenvalue weighted by molar-refractivity contribution is 0.130. The Hall–Kier alpha value is -0.900. The van der Waals surface area contributed by atoms with Gasteiger partial charge in [-0.05, 0) is 37.9 Å². The molecule has 3 nitrogen and oxygen atoms in total. The first-order valence-corrected chi connectivity index (χ1v) is 6.49. The van der Waals surface area contributed by atoms with Crippen LogP contribution in [0.4, 0.5) is 0 Å². The molecule has 0 aromatic heterocycles. The lowest BCUT2D eigenvalue weighted by Gasteiger charge is -2.34. The van der Waals surface area contributed by atoms with Crippen LogP contribution < -0.4 is 5.84 Å². The number of hydrogen-bond acceptors (Lipinski definition) is 3. The van der Waals surface area contributed by atoms with Crippen LogP contribution in [-0.2, 0) is 6.42 Å². The minimum Gasteiger partial charge on any atom is -0.303 e. The molecule has 0 bridgehead atoms. The third kappa shape index (κ3) is 3.80. The Morgan fingerprint density at radius 2 is 1.88 bits per heavy atom. The highest BCUT2D eigenvalue weighted by Gasteiger charge is 2.20. The maximum Gasteiger partial charge on any atom is 0.0262 e. The minimum atomic E-state index is 0.572. The SMILES string of the molecule is CN(N)C1CCN(CCc2ccccc2)CC1. The molecule has 2 N–H and O–H groups in total. The van der Waals surface area contributed by atoms with E-state index in [-0.39, 0.29) is 0 Å². The van der Waals surface area contributed by atoms with Gasteiger partial charge >= 0.3 is 0 Å². The molecule has 1 aromatic rings. The van der Waals surface area contributed by atoms with E-state index in [0.29, 0.717) is 6.04 Å². The summed E-state index contributed by atoms with van der Waals surface area (Å²) >= 11 is 0. The minimum absolute atomic E-state index is 0.572. The molecule has 0 unspecified atom stereocenters. The van der Waals surface area contributed by atoms with Crippen LogP contribution >= 0.6 is 0 Å². The molecule has 1 aliphatic heterocycles. The van der Waals surface area contributed by atoms with Gasteiger partial charge in [0.2, 0.25) is 0 Å². The second kappa shape index (κ2) is 6.15. The first-order chi connectivity index (χ1) is 8.25. The fourth-order valence-corrected chi connectivity index (χ4v) is 2.48. The Morgan fingerprint density at radius 3 is 2.47 bits per heavy atom. The van der Waals surface area contributed by atoms with Crippen LogP contribution in [0.5, 0.6) is 0 Å². The topological polar surface area (TPSA) is 32.5 Å². The Kier molecular flexibility index (Phi) is 4.54. The van der Waals surface area contributed by atoms with Crippen LogP contribution in [0.2, 0.25) is 0 Å². The van der Waals surface area contributed by atoms with Crippen LogP contribution in [0.3, 0.4) is 0 Å². The largest absolute Gasteiger partial charge is 0.303 e. The van der Waals surface area contributed by atoms with Gasteiger partial charge in [-0.15, -0.1) is 0 Å². The molecule has 1 heterocycles. The van der Waals surface area contributed by atoms with Gasteiger partial charge < -0.3 is 4.90 Å². The molecule has 1 fully saturated rings. The summed E-state index contributed by atoms with van der Waals surface area (Å²) in [5.41, 5.74) is 1.44. The van der Waals surface area contributed by atoms with Gasteiger partial charge in [0.05, 0.1) is 0 Å². The van der Waals surface area contributed by atoms with Crippen molar-refractivity contribution in [3.63, 3.8) is 0 Å². The van der Waals surface area contributed by atoms with Crippen LogP contribution in [0.1, 0.15) is 18.4 Å². The molecule has 0 amide bonds. The van der Waals surface area contributed by atoms with Crippen LogP contribution in [0, 0.1) is 0 Å². The maximum absolute atomic E-state index is 5.79. The number of rotatable bonds is 4.